The third-order valence-electron chi connectivity index (χ3n) is 2.27. The molecule has 2 rings (SSSR count). The van der Waals surface area contributed by atoms with E-state index in [-0.39, 0.29) is 5.75 Å². The van der Waals surface area contributed by atoms with Crippen LogP contribution in [-0.4, -0.2) is 0 Å². The zero-order valence-corrected chi connectivity index (χ0v) is 12.3. The van der Waals surface area contributed by atoms with Gasteiger partial charge in [0, 0.05) is 11.4 Å². The molecule has 0 aliphatic carbocycles. The molecule has 0 saturated carbocycles. The van der Waals surface area contributed by atoms with Gasteiger partial charge in [-0.25, -0.2) is 8.78 Å². The van der Waals surface area contributed by atoms with Crippen molar-refractivity contribution in [3.63, 3.8) is 0 Å². The van der Waals surface area contributed by atoms with Crippen molar-refractivity contribution < 1.29 is 13.5 Å². The third-order valence-corrected chi connectivity index (χ3v) is 3.54. The monoisotopic (exact) mass is 376 g/mol. The molecule has 0 amide bonds. The van der Waals surface area contributed by atoms with Crippen LogP contribution in [0.3, 0.4) is 0 Å². The van der Waals surface area contributed by atoms with Crippen molar-refractivity contribution in [1.29, 1.82) is 0 Å². The van der Waals surface area contributed by atoms with Crippen LogP contribution >= 0.6 is 31.9 Å². The predicted molar refractivity (Wildman–Crippen MR) is 73.2 cm³/mol. The van der Waals surface area contributed by atoms with E-state index in [2.05, 4.69) is 31.9 Å². The Morgan fingerprint density at radius 3 is 2.39 bits per heavy atom. The summed E-state index contributed by atoms with van der Waals surface area (Å²) in [4.78, 5) is 0. The average molecular weight is 378 g/mol. The fraction of sp³-hybridized carbons (Fsp3) is 0.0769. The Morgan fingerprint density at radius 1 is 1.00 bits per heavy atom. The maximum Gasteiger partial charge on any atom is 0.162 e. The van der Waals surface area contributed by atoms with E-state index in [1.165, 1.54) is 6.07 Å². The van der Waals surface area contributed by atoms with E-state index < -0.39 is 11.6 Å². The first-order valence-corrected chi connectivity index (χ1v) is 6.99. The lowest BCUT2D eigenvalue weighted by Gasteiger charge is -2.09. The summed E-state index contributed by atoms with van der Waals surface area (Å²) in [5.41, 5.74) is 1.08. The molecule has 18 heavy (non-hydrogen) atoms. The van der Waals surface area contributed by atoms with Crippen LogP contribution < -0.4 is 4.74 Å². The van der Waals surface area contributed by atoms with Gasteiger partial charge >= 0.3 is 0 Å². The van der Waals surface area contributed by atoms with Crippen molar-refractivity contribution in [2.24, 2.45) is 0 Å². The van der Waals surface area contributed by atoms with Gasteiger partial charge in [-0.2, -0.15) is 0 Å². The van der Waals surface area contributed by atoms with Crippen LogP contribution in [0.5, 0.6) is 11.5 Å². The molecule has 5 heteroatoms. The molecule has 0 radical (unpaired) electrons. The largest absolute Gasteiger partial charge is 0.456 e. The van der Waals surface area contributed by atoms with E-state index >= 15 is 0 Å². The average Bonchev–Trinajstić information content (AvgIpc) is 2.36. The standard InChI is InChI=1S/C13H8Br2F2O/c14-7-8-1-4-13(10(15)5-8)18-9-2-3-11(16)12(17)6-9/h1-6H,7H2. The summed E-state index contributed by atoms with van der Waals surface area (Å²) >= 11 is 6.71. The molecule has 0 fully saturated rings. The van der Waals surface area contributed by atoms with Crippen LogP contribution in [0.15, 0.2) is 40.9 Å². The molecule has 0 aromatic heterocycles. The van der Waals surface area contributed by atoms with Crippen LogP contribution in [-0.2, 0) is 5.33 Å². The molecule has 0 spiro atoms. The van der Waals surface area contributed by atoms with Crippen LogP contribution in [0.25, 0.3) is 0 Å². The van der Waals surface area contributed by atoms with Crippen molar-refractivity contribution in [3.8, 4) is 11.5 Å². The number of hydrogen-bond acceptors (Lipinski definition) is 1. The van der Waals surface area contributed by atoms with Crippen molar-refractivity contribution in [3.05, 3.63) is 58.1 Å². The van der Waals surface area contributed by atoms with E-state index in [9.17, 15) is 8.78 Å². The van der Waals surface area contributed by atoms with Crippen LogP contribution in [0.1, 0.15) is 5.56 Å². The first-order valence-electron chi connectivity index (χ1n) is 5.07. The molecule has 2 aromatic carbocycles. The summed E-state index contributed by atoms with van der Waals surface area (Å²) in [5.74, 6) is -1.02. The molecule has 0 saturated heterocycles. The van der Waals surface area contributed by atoms with E-state index in [1.54, 1.807) is 6.07 Å². The molecule has 2 aromatic rings. The molecule has 0 N–H and O–H groups in total. The highest BCUT2D eigenvalue weighted by atomic mass is 79.9. The number of ether oxygens (including phenoxy) is 1. The molecule has 0 aliphatic rings. The molecular formula is C13H8Br2F2O. The van der Waals surface area contributed by atoms with Gasteiger partial charge in [0.15, 0.2) is 11.6 Å². The Morgan fingerprint density at radius 2 is 1.78 bits per heavy atom. The van der Waals surface area contributed by atoms with Crippen LogP contribution in [0.2, 0.25) is 0 Å². The van der Waals surface area contributed by atoms with Crippen molar-refractivity contribution in [2.45, 2.75) is 5.33 Å². The van der Waals surface area contributed by atoms with Crippen LogP contribution in [0, 0.1) is 11.6 Å². The lowest BCUT2D eigenvalue weighted by molar-refractivity contribution is 0.459. The first-order chi connectivity index (χ1) is 8.60. The van der Waals surface area contributed by atoms with Gasteiger partial charge in [0.2, 0.25) is 0 Å². The molecular weight excluding hydrogens is 370 g/mol. The first kappa shape index (κ1) is 13.5. The summed E-state index contributed by atoms with van der Waals surface area (Å²) in [5, 5.41) is 0.733. The van der Waals surface area contributed by atoms with Gasteiger partial charge in [0.05, 0.1) is 4.47 Å². The maximum atomic E-state index is 13.0. The van der Waals surface area contributed by atoms with Gasteiger partial charge in [-0.1, -0.05) is 22.0 Å². The van der Waals surface area contributed by atoms with Gasteiger partial charge < -0.3 is 4.74 Å². The smallest absolute Gasteiger partial charge is 0.162 e. The third kappa shape index (κ3) is 3.09. The minimum absolute atomic E-state index is 0.251. The Hall–Kier alpha value is -0.940. The van der Waals surface area contributed by atoms with Gasteiger partial charge in [-0.15, -0.1) is 0 Å². The van der Waals surface area contributed by atoms with E-state index in [0.29, 0.717) is 5.75 Å². The summed E-state index contributed by atoms with van der Waals surface area (Å²) < 4.78 is 32.0. The lowest BCUT2D eigenvalue weighted by Crippen LogP contribution is -1.89. The van der Waals surface area contributed by atoms with Crippen molar-refractivity contribution in [1.82, 2.24) is 0 Å². The number of alkyl halides is 1. The Balaban J connectivity index is 2.25. The highest BCUT2D eigenvalue weighted by molar-refractivity contribution is 9.10. The second-order valence-corrected chi connectivity index (χ2v) is 4.99. The summed E-state index contributed by atoms with van der Waals surface area (Å²) in [6.07, 6.45) is 0. The summed E-state index contributed by atoms with van der Waals surface area (Å²) in [6.45, 7) is 0. The quantitative estimate of drug-likeness (QED) is 0.649. The summed E-state index contributed by atoms with van der Waals surface area (Å²) in [7, 11) is 0. The molecule has 0 atom stereocenters. The highest BCUT2D eigenvalue weighted by Gasteiger charge is 2.07. The number of rotatable bonds is 3. The SMILES string of the molecule is Fc1ccc(Oc2ccc(CBr)cc2Br)cc1F. The maximum absolute atomic E-state index is 13.0. The second kappa shape index (κ2) is 5.80. The van der Waals surface area contributed by atoms with Gasteiger partial charge in [0.1, 0.15) is 11.5 Å². The molecule has 1 nitrogen and oxygen atoms in total. The molecule has 94 valence electrons. The second-order valence-electron chi connectivity index (χ2n) is 3.58. The molecule has 0 aliphatic heterocycles. The highest BCUT2D eigenvalue weighted by Crippen LogP contribution is 2.31. The van der Waals surface area contributed by atoms with Gasteiger partial charge in [0.25, 0.3) is 0 Å². The Kier molecular flexibility index (Phi) is 4.35. The zero-order valence-electron chi connectivity index (χ0n) is 9.09. The summed E-state index contributed by atoms with van der Waals surface area (Å²) in [6, 6.07) is 8.97. The Bertz CT molecular complexity index is 573. The van der Waals surface area contributed by atoms with Crippen molar-refractivity contribution in [2.75, 3.05) is 0 Å². The topological polar surface area (TPSA) is 9.23 Å². The zero-order chi connectivity index (χ0) is 13.1. The lowest BCUT2D eigenvalue weighted by atomic mass is 10.2. The number of hydrogen-bond donors (Lipinski definition) is 0. The minimum atomic E-state index is -0.930. The molecule has 0 bridgehead atoms. The van der Waals surface area contributed by atoms with E-state index in [4.69, 9.17) is 4.74 Å². The molecule has 0 heterocycles. The van der Waals surface area contributed by atoms with Crippen molar-refractivity contribution >= 4 is 31.9 Å². The number of benzene rings is 2. The predicted octanol–water partition coefficient (Wildman–Crippen LogP) is 5.41. The molecule has 0 unspecified atom stereocenters. The normalized spacial score (nSPS) is 10.4. The van der Waals surface area contributed by atoms with Gasteiger partial charge in [-0.3, -0.25) is 0 Å². The fourth-order valence-corrected chi connectivity index (χ4v) is 2.23. The van der Waals surface area contributed by atoms with E-state index in [1.807, 2.05) is 12.1 Å². The van der Waals surface area contributed by atoms with E-state index in [0.717, 1.165) is 27.5 Å². The minimum Gasteiger partial charge on any atom is -0.456 e. The Labute approximate surface area is 120 Å². The van der Waals surface area contributed by atoms with Crippen LogP contribution in [0.4, 0.5) is 8.78 Å². The van der Waals surface area contributed by atoms with Gasteiger partial charge in [-0.05, 0) is 45.8 Å². The fourth-order valence-electron chi connectivity index (χ4n) is 1.38. The number of halogens is 4.